The van der Waals surface area contributed by atoms with Crippen molar-refractivity contribution in [2.75, 3.05) is 36.1 Å². The minimum absolute atomic E-state index is 0.0367. The maximum absolute atomic E-state index is 14.5. The molecule has 2 aromatic carbocycles. The van der Waals surface area contributed by atoms with Crippen molar-refractivity contribution in [3.05, 3.63) is 72.7 Å². The molecule has 0 unspecified atom stereocenters. The molecule has 1 N–H and O–H groups in total. The van der Waals surface area contributed by atoms with E-state index >= 15 is 0 Å². The third-order valence-electron chi connectivity index (χ3n) is 7.02. The van der Waals surface area contributed by atoms with E-state index in [0.717, 1.165) is 55.2 Å². The molecule has 2 aliphatic rings. The lowest BCUT2D eigenvalue weighted by molar-refractivity contribution is -0.130. The van der Waals surface area contributed by atoms with E-state index in [4.69, 9.17) is 0 Å². The average Bonchev–Trinajstić information content (AvgIpc) is 3.25. The molecule has 1 aromatic heterocycles. The van der Waals surface area contributed by atoms with Crippen molar-refractivity contribution in [1.29, 1.82) is 0 Å². The number of pyridine rings is 1. The fraction of sp³-hybridized carbons (Fsp3) is 0.333. The Labute approximate surface area is 210 Å². The van der Waals surface area contributed by atoms with Crippen LogP contribution in [-0.2, 0) is 14.6 Å². The van der Waals surface area contributed by atoms with Crippen molar-refractivity contribution in [2.45, 2.75) is 36.2 Å². The first-order chi connectivity index (χ1) is 17.3. The Morgan fingerprint density at radius 2 is 1.69 bits per heavy atom. The average molecular weight is 509 g/mol. The molecular formula is C27H29FN4O3S. The van der Waals surface area contributed by atoms with Gasteiger partial charge in [0.25, 0.3) is 0 Å². The summed E-state index contributed by atoms with van der Waals surface area (Å²) in [5, 5.41) is 2.98. The number of benzene rings is 2. The molecule has 1 amide bonds. The highest BCUT2D eigenvalue weighted by Crippen LogP contribution is 2.28. The first-order valence-electron chi connectivity index (χ1n) is 12.1. The zero-order valence-electron chi connectivity index (χ0n) is 20.1. The fourth-order valence-corrected chi connectivity index (χ4v) is 5.64. The van der Waals surface area contributed by atoms with Crippen LogP contribution >= 0.6 is 0 Å². The van der Waals surface area contributed by atoms with Crippen molar-refractivity contribution in [3.63, 3.8) is 0 Å². The summed E-state index contributed by atoms with van der Waals surface area (Å²) >= 11 is 0. The van der Waals surface area contributed by atoms with Gasteiger partial charge in [0.15, 0.2) is 9.84 Å². The van der Waals surface area contributed by atoms with E-state index in [9.17, 15) is 17.6 Å². The third-order valence-corrected chi connectivity index (χ3v) is 8.13. The maximum Gasteiger partial charge on any atom is 0.245 e. The van der Waals surface area contributed by atoms with E-state index in [-0.39, 0.29) is 22.5 Å². The van der Waals surface area contributed by atoms with Crippen molar-refractivity contribution < 1.29 is 17.6 Å². The second kappa shape index (κ2) is 9.89. The Hall–Kier alpha value is -3.46. The molecular weight excluding hydrogens is 479 g/mol. The first kappa shape index (κ1) is 24.2. The smallest absolute Gasteiger partial charge is 0.245 e. The van der Waals surface area contributed by atoms with Gasteiger partial charge in [0.2, 0.25) is 5.91 Å². The molecule has 3 aromatic rings. The Kier molecular flexibility index (Phi) is 6.66. The molecule has 0 bridgehead atoms. The summed E-state index contributed by atoms with van der Waals surface area (Å²) in [6.45, 7) is 2.24. The molecule has 0 saturated carbocycles. The lowest BCUT2D eigenvalue weighted by Crippen LogP contribution is -2.47. The van der Waals surface area contributed by atoms with Crippen LogP contribution in [0.15, 0.2) is 71.8 Å². The van der Waals surface area contributed by atoms with Gasteiger partial charge in [-0.15, -0.1) is 0 Å². The van der Waals surface area contributed by atoms with Crippen LogP contribution in [0.1, 0.15) is 19.3 Å². The predicted octanol–water partition coefficient (Wildman–Crippen LogP) is 3.97. The van der Waals surface area contributed by atoms with Crippen LogP contribution in [0.25, 0.3) is 11.1 Å². The van der Waals surface area contributed by atoms with Crippen molar-refractivity contribution in [3.8, 4) is 11.1 Å². The second-order valence-corrected chi connectivity index (χ2v) is 11.4. The SMILES string of the molecule is CS(=O)(=O)c1ccc(N[C@H]2CCN(C3CCN(c4ccc(-c5ccccc5)cn4)CC3)C2=O)c(F)c1. The highest BCUT2D eigenvalue weighted by molar-refractivity contribution is 7.90. The number of sulfone groups is 1. The quantitative estimate of drug-likeness (QED) is 0.543. The van der Waals surface area contributed by atoms with Crippen LogP contribution in [0.2, 0.25) is 0 Å². The number of hydrogen-bond acceptors (Lipinski definition) is 6. The van der Waals surface area contributed by atoms with E-state index in [0.29, 0.717) is 13.0 Å². The number of anilines is 2. The number of amides is 1. The van der Waals surface area contributed by atoms with Crippen molar-refractivity contribution in [1.82, 2.24) is 9.88 Å². The summed E-state index contributed by atoms with van der Waals surface area (Å²) in [4.78, 5) is 21.8. The number of nitrogens with one attached hydrogen (secondary N) is 1. The van der Waals surface area contributed by atoms with E-state index in [2.05, 4.69) is 33.4 Å². The molecule has 1 atom stereocenters. The van der Waals surface area contributed by atoms with Gasteiger partial charge in [-0.2, -0.15) is 0 Å². The van der Waals surface area contributed by atoms with E-state index in [1.807, 2.05) is 35.4 Å². The standard InChI is InChI=1S/C27H29FN4O3S/c1-36(34,35)22-8-9-24(23(28)17-22)30-25-13-16-32(27(25)33)21-11-14-31(15-12-21)26-10-7-20(18-29-26)19-5-3-2-4-6-19/h2-10,17-18,21,25,30H,11-16H2,1H3/t25-/m0/s1. The van der Waals surface area contributed by atoms with Gasteiger partial charge >= 0.3 is 0 Å². The molecule has 36 heavy (non-hydrogen) atoms. The lowest BCUT2D eigenvalue weighted by Gasteiger charge is -2.37. The van der Waals surface area contributed by atoms with Crippen molar-refractivity contribution >= 4 is 27.2 Å². The summed E-state index contributed by atoms with van der Waals surface area (Å²) in [5.74, 6) is 0.224. The minimum Gasteiger partial charge on any atom is -0.371 e. The second-order valence-electron chi connectivity index (χ2n) is 9.42. The summed E-state index contributed by atoms with van der Waals surface area (Å²) in [5.41, 5.74) is 2.36. The van der Waals surface area contributed by atoms with Gasteiger partial charge in [0, 0.05) is 43.7 Å². The first-order valence-corrected chi connectivity index (χ1v) is 14.0. The molecule has 9 heteroatoms. The highest BCUT2D eigenvalue weighted by atomic mass is 32.2. The number of rotatable bonds is 6. The Morgan fingerprint density at radius 1 is 0.944 bits per heavy atom. The number of nitrogens with zero attached hydrogens (tertiary/aromatic N) is 3. The normalized spacial score (nSPS) is 19.1. The number of hydrogen-bond donors (Lipinski definition) is 1. The van der Waals surface area contributed by atoms with E-state index in [1.54, 1.807) is 0 Å². The molecule has 0 radical (unpaired) electrons. The lowest BCUT2D eigenvalue weighted by atomic mass is 10.0. The Morgan fingerprint density at radius 3 is 2.33 bits per heavy atom. The molecule has 188 valence electrons. The Balaban J connectivity index is 1.17. The van der Waals surface area contributed by atoms with Crippen molar-refractivity contribution in [2.24, 2.45) is 0 Å². The molecule has 2 aliphatic heterocycles. The molecule has 2 saturated heterocycles. The molecule has 5 rings (SSSR count). The number of carbonyl (C=O) groups is 1. The number of likely N-dealkylation sites (tertiary alicyclic amines) is 1. The number of halogens is 1. The number of carbonyl (C=O) groups excluding carboxylic acids is 1. The highest BCUT2D eigenvalue weighted by Gasteiger charge is 2.37. The number of piperidine rings is 1. The van der Waals surface area contributed by atoms with Crippen LogP contribution in [0.3, 0.4) is 0 Å². The fourth-order valence-electron chi connectivity index (χ4n) is 5.01. The molecule has 7 nitrogen and oxygen atoms in total. The van der Waals surface area contributed by atoms with Crippen LogP contribution < -0.4 is 10.2 Å². The van der Waals surface area contributed by atoms with E-state index in [1.165, 1.54) is 12.1 Å². The topological polar surface area (TPSA) is 82.6 Å². The van der Waals surface area contributed by atoms with Gasteiger partial charge in [0.05, 0.1) is 10.6 Å². The monoisotopic (exact) mass is 508 g/mol. The van der Waals surface area contributed by atoms with Crippen LogP contribution in [-0.4, -0.2) is 62.2 Å². The van der Waals surface area contributed by atoms with Gasteiger partial charge in [-0.1, -0.05) is 30.3 Å². The van der Waals surface area contributed by atoms with Gasteiger partial charge < -0.3 is 15.1 Å². The molecule has 0 spiro atoms. The molecule has 2 fully saturated rings. The number of aromatic nitrogens is 1. The predicted molar refractivity (Wildman–Crippen MR) is 138 cm³/mol. The van der Waals surface area contributed by atoms with Crippen LogP contribution in [0.4, 0.5) is 15.9 Å². The molecule has 0 aliphatic carbocycles. The zero-order valence-corrected chi connectivity index (χ0v) is 20.9. The largest absolute Gasteiger partial charge is 0.371 e. The van der Waals surface area contributed by atoms with E-state index < -0.39 is 21.7 Å². The summed E-state index contributed by atoms with van der Waals surface area (Å²) in [6.07, 6.45) is 5.21. The summed E-state index contributed by atoms with van der Waals surface area (Å²) in [7, 11) is -3.49. The van der Waals surface area contributed by atoms with Gasteiger partial charge in [-0.3, -0.25) is 4.79 Å². The molecule has 3 heterocycles. The van der Waals surface area contributed by atoms with Gasteiger partial charge in [0.1, 0.15) is 17.7 Å². The van der Waals surface area contributed by atoms with Crippen LogP contribution in [0.5, 0.6) is 0 Å². The third kappa shape index (κ3) is 5.06. The Bertz CT molecular complexity index is 1340. The van der Waals surface area contributed by atoms with Crippen LogP contribution in [0, 0.1) is 5.82 Å². The van der Waals surface area contributed by atoms with Gasteiger partial charge in [-0.05, 0) is 55.2 Å². The zero-order chi connectivity index (χ0) is 25.3. The maximum atomic E-state index is 14.5. The summed E-state index contributed by atoms with van der Waals surface area (Å²) < 4.78 is 37.8. The minimum atomic E-state index is -3.49. The summed E-state index contributed by atoms with van der Waals surface area (Å²) in [6, 6.07) is 17.6. The van der Waals surface area contributed by atoms with Gasteiger partial charge in [-0.25, -0.2) is 17.8 Å².